The van der Waals surface area contributed by atoms with Crippen LogP contribution in [-0.2, 0) is 14.3 Å². The molecule has 0 saturated carbocycles. The van der Waals surface area contributed by atoms with Gasteiger partial charge in [0.25, 0.3) is 0 Å². The van der Waals surface area contributed by atoms with Crippen LogP contribution in [0.15, 0.2) is 47.6 Å². The van der Waals surface area contributed by atoms with Gasteiger partial charge in [-0.25, -0.2) is 4.79 Å². The van der Waals surface area contributed by atoms with E-state index in [0.717, 1.165) is 0 Å². The van der Waals surface area contributed by atoms with Crippen LogP contribution < -0.4 is 0 Å². The lowest BCUT2D eigenvalue weighted by molar-refractivity contribution is -0.146. The van der Waals surface area contributed by atoms with Crippen molar-refractivity contribution in [1.82, 2.24) is 0 Å². The third-order valence-corrected chi connectivity index (χ3v) is 7.68. The van der Waals surface area contributed by atoms with Crippen LogP contribution in [-0.4, -0.2) is 84.6 Å². The van der Waals surface area contributed by atoms with Crippen LogP contribution in [0.4, 0.5) is 0 Å². The molecule has 1 aliphatic rings. The molecule has 0 bridgehead atoms. The Morgan fingerprint density at radius 1 is 0.976 bits per heavy atom. The second-order valence-corrected chi connectivity index (χ2v) is 12.1. The van der Waals surface area contributed by atoms with Gasteiger partial charge in [-0.3, -0.25) is 4.79 Å². The fraction of sp³-hybridized carbons (Fsp3) is 0.688. The van der Waals surface area contributed by atoms with Crippen molar-refractivity contribution in [3.63, 3.8) is 0 Å². The normalized spacial score (nSPS) is 37.2. The number of cyclic esters (lactones) is 1. The summed E-state index contributed by atoms with van der Waals surface area (Å²) in [4.78, 5) is 25.1. The number of hydrogen-bond acceptors (Lipinski definition) is 9. The molecule has 9 unspecified atom stereocenters. The summed E-state index contributed by atoms with van der Waals surface area (Å²) < 4.78 is 5.45. The predicted molar refractivity (Wildman–Crippen MR) is 158 cm³/mol. The summed E-state index contributed by atoms with van der Waals surface area (Å²) in [5.74, 6) is -1.89. The minimum atomic E-state index is -1.74. The van der Waals surface area contributed by atoms with E-state index in [1.165, 1.54) is 13.0 Å². The van der Waals surface area contributed by atoms with Gasteiger partial charge < -0.3 is 35.4 Å². The Bertz CT molecular complexity index is 964. The number of Topliss-reactive ketones (excluding diaryl/α,β-unsaturated/α-hetero) is 1. The highest BCUT2D eigenvalue weighted by molar-refractivity contribution is 5.87. The monoisotopic (exact) mass is 580 g/mol. The molecular weight excluding hydrogens is 528 g/mol. The highest BCUT2D eigenvalue weighted by Crippen LogP contribution is 2.27. The number of ether oxygens (including phenoxy) is 1. The van der Waals surface area contributed by atoms with E-state index in [1.807, 2.05) is 6.92 Å². The number of aliphatic hydroxyl groups is 6. The molecule has 1 rings (SSSR count). The largest absolute Gasteiger partial charge is 0.459 e. The summed E-state index contributed by atoms with van der Waals surface area (Å²) >= 11 is 0. The Balaban J connectivity index is 3.12. The first kappa shape index (κ1) is 36.9. The lowest BCUT2D eigenvalue weighted by Crippen LogP contribution is -2.41. The smallest absolute Gasteiger partial charge is 0.333 e. The van der Waals surface area contributed by atoms with Crippen LogP contribution in [0.25, 0.3) is 0 Å². The molecule has 1 heterocycles. The Hall–Kier alpha value is -2.14. The number of esters is 1. The van der Waals surface area contributed by atoms with Gasteiger partial charge in [0.05, 0.1) is 36.1 Å². The summed E-state index contributed by atoms with van der Waals surface area (Å²) in [5.41, 5.74) is 0.147. The topological polar surface area (TPSA) is 165 Å². The van der Waals surface area contributed by atoms with Crippen LogP contribution in [0, 0.1) is 11.8 Å². The van der Waals surface area contributed by atoms with E-state index in [2.05, 4.69) is 6.58 Å². The average Bonchev–Trinajstić information content (AvgIpc) is 2.85. The van der Waals surface area contributed by atoms with E-state index in [4.69, 9.17) is 4.74 Å². The van der Waals surface area contributed by atoms with E-state index >= 15 is 0 Å². The van der Waals surface area contributed by atoms with Crippen LogP contribution in [0.3, 0.4) is 0 Å². The molecule has 0 aromatic carbocycles. The first-order valence-electron chi connectivity index (χ1n) is 14.5. The highest BCUT2D eigenvalue weighted by atomic mass is 16.5. The molecule has 9 atom stereocenters. The molecule has 1 aliphatic heterocycles. The third kappa shape index (κ3) is 13.1. The molecule has 0 radical (unpaired) electrons. The molecule has 9 heteroatoms. The lowest BCUT2D eigenvalue weighted by Gasteiger charge is -2.29. The zero-order valence-electron chi connectivity index (χ0n) is 25.5. The van der Waals surface area contributed by atoms with Crippen molar-refractivity contribution >= 4 is 11.8 Å². The standard InChI is InChI=1S/C32H52O9/c1-19-13-20(2)15-27(35)26(34)12-10-8-9-11-21(3)31(39)41-24(6)16-22(4)29(37)30(38)28(36)17-25(33)18-32(7,40)23(5)14-19/h10-12,14,20,22,24-27,29-30,33-35,37-38,40H,1,8-9,13,15-18H2,2-7H3. The highest BCUT2D eigenvalue weighted by Gasteiger charge is 2.33. The van der Waals surface area contributed by atoms with E-state index < -0.39 is 66.3 Å². The second-order valence-electron chi connectivity index (χ2n) is 12.1. The number of hydrogen-bond donors (Lipinski definition) is 6. The van der Waals surface area contributed by atoms with E-state index in [-0.39, 0.29) is 18.8 Å². The second kappa shape index (κ2) is 17.1. The molecular formula is C32H52O9. The number of carbonyl (C=O) groups is 2. The first-order valence-corrected chi connectivity index (χ1v) is 14.5. The predicted octanol–water partition coefficient (Wildman–Crippen LogP) is 3.06. The maximum absolute atomic E-state index is 12.6. The summed E-state index contributed by atoms with van der Waals surface area (Å²) in [7, 11) is 0. The van der Waals surface area contributed by atoms with Gasteiger partial charge in [-0.2, -0.15) is 0 Å². The van der Waals surface area contributed by atoms with Crippen molar-refractivity contribution in [3.8, 4) is 0 Å². The minimum Gasteiger partial charge on any atom is -0.459 e. The minimum absolute atomic E-state index is 0.0226. The lowest BCUT2D eigenvalue weighted by atomic mass is 9.85. The van der Waals surface area contributed by atoms with E-state index in [0.29, 0.717) is 42.4 Å². The number of carbonyl (C=O) groups excluding carboxylic acids is 2. The van der Waals surface area contributed by atoms with Crippen molar-refractivity contribution in [3.05, 3.63) is 47.6 Å². The average molecular weight is 581 g/mol. The number of ketones is 1. The molecule has 0 saturated heterocycles. The van der Waals surface area contributed by atoms with Gasteiger partial charge in [-0.05, 0) is 77.2 Å². The zero-order chi connectivity index (χ0) is 31.5. The van der Waals surface area contributed by atoms with Crippen LogP contribution in [0.5, 0.6) is 0 Å². The van der Waals surface area contributed by atoms with Crippen molar-refractivity contribution in [2.75, 3.05) is 0 Å². The Morgan fingerprint density at radius 2 is 1.61 bits per heavy atom. The maximum atomic E-state index is 12.6. The Labute approximate surface area is 244 Å². The molecule has 9 nitrogen and oxygen atoms in total. The molecule has 234 valence electrons. The fourth-order valence-corrected chi connectivity index (χ4v) is 4.98. The Kier molecular flexibility index (Phi) is 15.4. The van der Waals surface area contributed by atoms with Crippen molar-refractivity contribution in [1.29, 1.82) is 0 Å². The molecule has 0 aliphatic carbocycles. The maximum Gasteiger partial charge on any atom is 0.333 e. The number of allylic oxidation sites excluding steroid dienone is 4. The van der Waals surface area contributed by atoms with Gasteiger partial charge in [0, 0.05) is 18.4 Å². The number of rotatable bonds is 0. The van der Waals surface area contributed by atoms with Crippen molar-refractivity contribution in [2.45, 2.75) is 129 Å². The van der Waals surface area contributed by atoms with Gasteiger partial charge >= 0.3 is 5.97 Å². The van der Waals surface area contributed by atoms with Gasteiger partial charge in [0.2, 0.25) is 0 Å². The molecule has 0 amide bonds. The van der Waals surface area contributed by atoms with E-state index in [1.54, 1.807) is 45.9 Å². The summed E-state index contributed by atoms with van der Waals surface area (Å²) in [6, 6.07) is 0. The SMILES string of the molecule is C=C1C=C(C)C(C)(O)CC(O)CC(=O)C(O)C(O)C(C)CC(C)OC(=O)C(C)=CCCC=CC(O)C(O)CC(C)C1. The van der Waals surface area contributed by atoms with E-state index in [9.17, 15) is 40.2 Å². The van der Waals surface area contributed by atoms with Crippen molar-refractivity contribution in [2.24, 2.45) is 11.8 Å². The molecule has 0 aromatic heterocycles. The quantitative estimate of drug-likeness (QED) is 0.187. The number of aliphatic hydroxyl groups excluding tert-OH is 5. The molecule has 0 spiro atoms. The van der Waals surface area contributed by atoms with Crippen LogP contribution >= 0.6 is 0 Å². The summed E-state index contributed by atoms with van der Waals surface area (Å²) in [5, 5.41) is 63.3. The zero-order valence-corrected chi connectivity index (χ0v) is 25.5. The summed E-state index contributed by atoms with van der Waals surface area (Å²) in [6.45, 7) is 14.1. The first-order chi connectivity index (χ1) is 18.9. The molecule has 6 N–H and O–H groups in total. The van der Waals surface area contributed by atoms with Gasteiger partial charge in [-0.15, -0.1) is 0 Å². The molecule has 0 aromatic rings. The molecule has 0 fully saturated rings. The van der Waals surface area contributed by atoms with Gasteiger partial charge in [0.15, 0.2) is 5.78 Å². The third-order valence-electron chi connectivity index (χ3n) is 7.68. The van der Waals surface area contributed by atoms with Gasteiger partial charge in [-0.1, -0.05) is 50.3 Å². The van der Waals surface area contributed by atoms with Crippen molar-refractivity contribution < 1.29 is 45.0 Å². The van der Waals surface area contributed by atoms with Crippen LogP contribution in [0.1, 0.15) is 86.5 Å². The fourth-order valence-electron chi connectivity index (χ4n) is 4.98. The Morgan fingerprint density at radius 3 is 2.24 bits per heavy atom. The van der Waals surface area contributed by atoms with Gasteiger partial charge in [0.1, 0.15) is 6.10 Å². The van der Waals surface area contributed by atoms with Crippen LogP contribution in [0.2, 0.25) is 0 Å². The summed E-state index contributed by atoms with van der Waals surface area (Å²) in [6.07, 6.45) is 1.10. The molecule has 41 heavy (non-hydrogen) atoms.